The lowest BCUT2D eigenvalue weighted by Crippen LogP contribution is -2.40. The predicted octanol–water partition coefficient (Wildman–Crippen LogP) is 2.57. The van der Waals surface area contributed by atoms with Gasteiger partial charge in [-0.1, -0.05) is 6.07 Å². The van der Waals surface area contributed by atoms with Gasteiger partial charge >= 0.3 is 0 Å². The van der Waals surface area contributed by atoms with Crippen molar-refractivity contribution in [3.63, 3.8) is 0 Å². The molecule has 1 fully saturated rings. The predicted molar refractivity (Wildman–Crippen MR) is 88.6 cm³/mol. The van der Waals surface area contributed by atoms with E-state index in [0.29, 0.717) is 24.5 Å². The minimum Gasteiger partial charge on any atom is -0.487 e. The number of rotatable bonds is 5. The highest BCUT2D eigenvalue weighted by Crippen LogP contribution is 2.21. The molecule has 0 saturated carbocycles. The van der Waals surface area contributed by atoms with Crippen molar-refractivity contribution in [1.82, 2.24) is 9.88 Å². The van der Waals surface area contributed by atoms with Crippen LogP contribution in [0.25, 0.3) is 0 Å². The Hall–Kier alpha value is -1.92. The lowest BCUT2D eigenvalue weighted by Gasteiger charge is -2.32. The van der Waals surface area contributed by atoms with Crippen molar-refractivity contribution in [2.24, 2.45) is 5.92 Å². The molecule has 2 aromatic rings. The number of thiazole rings is 1. The van der Waals surface area contributed by atoms with Crippen LogP contribution in [0.4, 0.5) is 0 Å². The number of hydrogen-bond acceptors (Lipinski definition) is 5. The lowest BCUT2D eigenvalue weighted by atomic mass is 9.98. The Kier molecular flexibility index (Phi) is 5.25. The lowest BCUT2D eigenvalue weighted by molar-refractivity contribution is 0.0620. The number of aliphatic hydroxyl groups excluding tert-OH is 1. The summed E-state index contributed by atoms with van der Waals surface area (Å²) in [5.74, 6) is 0.860. The highest BCUT2D eigenvalue weighted by molar-refractivity contribution is 7.07. The highest BCUT2D eigenvalue weighted by Gasteiger charge is 2.24. The molecule has 2 heterocycles. The van der Waals surface area contributed by atoms with Gasteiger partial charge in [0.25, 0.3) is 5.91 Å². The van der Waals surface area contributed by atoms with Gasteiger partial charge in [-0.05, 0) is 37.0 Å². The van der Waals surface area contributed by atoms with E-state index in [-0.39, 0.29) is 18.4 Å². The molecule has 1 aliphatic heterocycles. The van der Waals surface area contributed by atoms with Crippen LogP contribution in [0.5, 0.6) is 5.75 Å². The Bertz CT molecular complexity index is 645. The zero-order valence-corrected chi connectivity index (χ0v) is 13.7. The van der Waals surface area contributed by atoms with Crippen molar-refractivity contribution < 1.29 is 14.6 Å². The van der Waals surface area contributed by atoms with E-state index in [1.54, 1.807) is 17.6 Å². The summed E-state index contributed by atoms with van der Waals surface area (Å²) in [6.45, 7) is 1.91. The standard InChI is InChI=1S/C17H20N2O3S/c20-9-13-3-2-6-19(8-13)17(21)14-4-1-5-16(7-14)22-10-15-11-23-12-18-15/h1,4-5,7,11-13,20H,2-3,6,8-10H2. The van der Waals surface area contributed by atoms with Gasteiger partial charge in [-0.15, -0.1) is 11.3 Å². The van der Waals surface area contributed by atoms with Crippen molar-refractivity contribution in [2.45, 2.75) is 19.4 Å². The van der Waals surface area contributed by atoms with Crippen LogP contribution in [0, 0.1) is 5.92 Å². The molecule has 0 radical (unpaired) electrons. The maximum atomic E-state index is 12.6. The fraction of sp³-hybridized carbons (Fsp3) is 0.412. The summed E-state index contributed by atoms with van der Waals surface area (Å²) < 4.78 is 5.70. The smallest absolute Gasteiger partial charge is 0.253 e. The fourth-order valence-electron chi connectivity index (χ4n) is 2.77. The second-order valence-electron chi connectivity index (χ2n) is 5.74. The number of likely N-dealkylation sites (tertiary alicyclic amines) is 1. The van der Waals surface area contributed by atoms with E-state index in [1.807, 2.05) is 22.4 Å². The van der Waals surface area contributed by atoms with Crippen molar-refractivity contribution in [2.75, 3.05) is 19.7 Å². The summed E-state index contributed by atoms with van der Waals surface area (Å²) in [6, 6.07) is 7.25. The van der Waals surface area contributed by atoms with Crippen LogP contribution in [0.3, 0.4) is 0 Å². The first-order valence-electron chi connectivity index (χ1n) is 7.76. The fourth-order valence-corrected chi connectivity index (χ4v) is 3.31. The number of hydrogen-bond donors (Lipinski definition) is 1. The third-order valence-electron chi connectivity index (χ3n) is 4.02. The van der Waals surface area contributed by atoms with E-state index in [4.69, 9.17) is 4.74 Å². The molecule has 5 nitrogen and oxygen atoms in total. The zero-order chi connectivity index (χ0) is 16.1. The number of aromatic nitrogens is 1. The molecule has 1 aromatic heterocycles. The summed E-state index contributed by atoms with van der Waals surface area (Å²) in [5.41, 5.74) is 3.28. The number of amides is 1. The minimum absolute atomic E-state index is 0.00209. The van der Waals surface area contributed by atoms with E-state index in [0.717, 1.165) is 25.1 Å². The van der Waals surface area contributed by atoms with Gasteiger partial charge < -0.3 is 14.7 Å². The van der Waals surface area contributed by atoms with Crippen LogP contribution in [0.2, 0.25) is 0 Å². The molecule has 1 aliphatic rings. The molecule has 1 unspecified atom stereocenters. The van der Waals surface area contributed by atoms with E-state index < -0.39 is 0 Å². The average Bonchev–Trinajstić information content (AvgIpc) is 3.13. The summed E-state index contributed by atoms with van der Waals surface area (Å²) >= 11 is 1.53. The summed E-state index contributed by atoms with van der Waals surface area (Å²) in [4.78, 5) is 18.6. The molecular weight excluding hydrogens is 312 g/mol. The van der Waals surface area contributed by atoms with Crippen LogP contribution in [0.15, 0.2) is 35.2 Å². The first-order valence-corrected chi connectivity index (χ1v) is 8.70. The SMILES string of the molecule is O=C(c1cccc(OCc2cscn2)c1)N1CCCC(CO)C1. The third-order valence-corrected chi connectivity index (χ3v) is 4.65. The third kappa shape index (κ3) is 4.09. The number of ether oxygens (including phenoxy) is 1. The molecule has 122 valence electrons. The number of piperidine rings is 1. The first-order chi connectivity index (χ1) is 11.3. The number of aliphatic hydroxyl groups is 1. The molecule has 1 atom stereocenters. The summed E-state index contributed by atoms with van der Waals surface area (Å²) in [6.07, 6.45) is 1.92. The number of benzene rings is 1. The largest absolute Gasteiger partial charge is 0.487 e. The number of carbonyl (C=O) groups is 1. The van der Waals surface area contributed by atoms with Gasteiger partial charge in [0.05, 0.1) is 11.2 Å². The molecule has 1 aromatic carbocycles. The quantitative estimate of drug-likeness (QED) is 0.914. The average molecular weight is 332 g/mol. The Balaban J connectivity index is 1.65. The second-order valence-corrected chi connectivity index (χ2v) is 6.46. The van der Waals surface area contributed by atoms with Crippen molar-refractivity contribution in [3.8, 4) is 5.75 Å². The van der Waals surface area contributed by atoms with Crippen LogP contribution in [0.1, 0.15) is 28.9 Å². The Morgan fingerprint density at radius 3 is 3.17 bits per heavy atom. The van der Waals surface area contributed by atoms with Crippen molar-refractivity contribution in [3.05, 3.63) is 46.4 Å². The maximum Gasteiger partial charge on any atom is 0.253 e. The van der Waals surface area contributed by atoms with Crippen LogP contribution < -0.4 is 4.74 Å². The van der Waals surface area contributed by atoms with Gasteiger partial charge in [0.2, 0.25) is 0 Å². The second kappa shape index (κ2) is 7.57. The Morgan fingerprint density at radius 2 is 2.39 bits per heavy atom. The molecule has 1 N–H and O–H groups in total. The molecule has 1 saturated heterocycles. The Morgan fingerprint density at radius 1 is 1.48 bits per heavy atom. The van der Waals surface area contributed by atoms with Gasteiger partial charge in [-0.25, -0.2) is 4.98 Å². The maximum absolute atomic E-state index is 12.6. The van der Waals surface area contributed by atoms with Gasteiger partial charge in [-0.3, -0.25) is 4.79 Å². The summed E-state index contributed by atoms with van der Waals surface area (Å²) in [5, 5.41) is 11.2. The topological polar surface area (TPSA) is 62.7 Å². The van der Waals surface area contributed by atoms with Gasteiger partial charge in [-0.2, -0.15) is 0 Å². The zero-order valence-electron chi connectivity index (χ0n) is 12.9. The van der Waals surface area contributed by atoms with Crippen LogP contribution in [-0.2, 0) is 6.61 Å². The molecule has 6 heteroatoms. The first kappa shape index (κ1) is 16.0. The molecule has 0 aliphatic carbocycles. The normalized spacial score (nSPS) is 18.0. The van der Waals surface area contributed by atoms with E-state index in [1.165, 1.54) is 11.3 Å². The van der Waals surface area contributed by atoms with Crippen molar-refractivity contribution in [1.29, 1.82) is 0 Å². The Labute approximate surface area is 139 Å². The van der Waals surface area contributed by atoms with Gasteiger partial charge in [0.1, 0.15) is 12.4 Å². The molecule has 3 rings (SSSR count). The van der Waals surface area contributed by atoms with Crippen LogP contribution in [-0.4, -0.2) is 40.6 Å². The minimum atomic E-state index is 0.00209. The number of nitrogens with zero attached hydrogens (tertiary/aromatic N) is 2. The number of carbonyl (C=O) groups excluding carboxylic acids is 1. The molecular formula is C17H20N2O3S. The van der Waals surface area contributed by atoms with E-state index >= 15 is 0 Å². The van der Waals surface area contributed by atoms with Gasteiger partial charge in [0.15, 0.2) is 0 Å². The molecule has 0 spiro atoms. The monoisotopic (exact) mass is 332 g/mol. The highest BCUT2D eigenvalue weighted by atomic mass is 32.1. The van der Waals surface area contributed by atoms with Crippen molar-refractivity contribution >= 4 is 17.2 Å². The molecule has 0 bridgehead atoms. The van der Waals surface area contributed by atoms with E-state index in [2.05, 4.69) is 4.98 Å². The summed E-state index contributed by atoms with van der Waals surface area (Å²) in [7, 11) is 0. The van der Waals surface area contributed by atoms with Crippen LogP contribution >= 0.6 is 11.3 Å². The van der Waals surface area contributed by atoms with E-state index in [9.17, 15) is 9.90 Å². The molecule has 1 amide bonds. The van der Waals surface area contributed by atoms with Gasteiger partial charge in [0, 0.05) is 30.6 Å². The molecule has 23 heavy (non-hydrogen) atoms.